The average Bonchev–Trinajstić information content (AvgIpc) is 3.48. The largest absolute Gasteiger partial charge is 0.490 e. The number of carbonyl (C=O) groups excluding carboxylic acids is 1. The number of carboxylic acids is 1. The first-order chi connectivity index (χ1) is 21.0. The number of alkyl halides is 3. The van der Waals surface area contributed by atoms with Gasteiger partial charge < -0.3 is 25.2 Å². The van der Waals surface area contributed by atoms with Gasteiger partial charge >= 0.3 is 12.1 Å². The molecule has 0 atom stereocenters. The van der Waals surface area contributed by atoms with E-state index in [4.69, 9.17) is 24.7 Å². The summed E-state index contributed by atoms with van der Waals surface area (Å²) in [4.78, 5) is 41.2. The number of pyridine rings is 3. The number of aromatic nitrogens is 5. The number of nitrogens with one attached hydrogen (secondary N) is 1. The number of carboxylic acid groups (broad SMARTS) is 1. The summed E-state index contributed by atoms with van der Waals surface area (Å²) in [5.74, 6) is -0.407. The normalized spacial score (nSPS) is 13.5. The molecule has 0 aliphatic carbocycles. The van der Waals surface area contributed by atoms with Crippen LogP contribution in [0.3, 0.4) is 0 Å². The van der Waals surface area contributed by atoms with Crippen LogP contribution in [0.4, 0.5) is 24.1 Å². The maximum atomic E-state index is 11.7. The second-order valence-corrected chi connectivity index (χ2v) is 11.0. The van der Waals surface area contributed by atoms with Crippen LogP contribution >= 0.6 is 23.3 Å². The average molecular weight is 650 g/mol. The number of aliphatic hydroxyl groups excluding tert-OH is 1. The standard InChI is InChI=1S/C25H25N7O3S2.C2HF3O2/c1-16-19(5-4-10-26-16)35-20-13-18(36-21-6-2-3-9-27-21)14-28-24(20)30-25-29-23(31-37-25)17-7-11-32(12-8-17)22(34)15-33;3-2(4,5)1(6)7/h2-6,9-10,13-14,17,33H,7-8,11-12,15H2,1H3,(H,28,29,30,31);(H,6,7). The molecular weight excluding hydrogens is 623 g/mol. The highest BCUT2D eigenvalue weighted by atomic mass is 32.2. The van der Waals surface area contributed by atoms with Crippen LogP contribution in [0, 0.1) is 6.92 Å². The summed E-state index contributed by atoms with van der Waals surface area (Å²) < 4.78 is 42.5. The van der Waals surface area contributed by atoms with Gasteiger partial charge in [0.25, 0.3) is 0 Å². The lowest BCUT2D eigenvalue weighted by atomic mass is 9.96. The fraction of sp³-hybridized carbons (Fsp3) is 0.296. The van der Waals surface area contributed by atoms with Gasteiger partial charge in [-0.3, -0.25) is 9.78 Å². The Kier molecular flexibility index (Phi) is 11.0. The van der Waals surface area contributed by atoms with E-state index in [0.717, 1.165) is 34.3 Å². The number of halogens is 3. The lowest BCUT2D eigenvalue weighted by molar-refractivity contribution is -0.192. The molecule has 44 heavy (non-hydrogen) atoms. The van der Waals surface area contributed by atoms with Crippen molar-refractivity contribution in [1.29, 1.82) is 0 Å². The van der Waals surface area contributed by atoms with Crippen molar-refractivity contribution in [2.45, 2.75) is 41.8 Å². The molecule has 0 aromatic carbocycles. The zero-order valence-corrected chi connectivity index (χ0v) is 24.7. The van der Waals surface area contributed by atoms with E-state index in [1.54, 1.807) is 23.5 Å². The highest BCUT2D eigenvalue weighted by Gasteiger charge is 2.38. The van der Waals surface area contributed by atoms with E-state index in [1.165, 1.54) is 23.3 Å². The van der Waals surface area contributed by atoms with Crippen molar-refractivity contribution < 1.29 is 37.7 Å². The molecule has 3 N–H and O–H groups in total. The molecule has 1 aliphatic rings. The van der Waals surface area contributed by atoms with Gasteiger partial charge in [-0.2, -0.15) is 17.5 Å². The van der Waals surface area contributed by atoms with Crippen LogP contribution in [0.5, 0.6) is 11.5 Å². The zero-order valence-electron chi connectivity index (χ0n) is 23.1. The molecule has 0 radical (unpaired) electrons. The lowest BCUT2D eigenvalue weighted by Gasteiger charge is -2.30. The predicted molar refractivity (Wildman–Crippen MR) is 154 cm³/mol. The molecule has 4 aromatic rings. The van der Waals surface area contributed by atoms with Crippen molar-refractivity contribution in [3.05, 3.63) is 66.5 Å². The molecule has 0 spiro atoms. The van der Waals surface area contributed by atoms with E-state index >= 15 is 0 Å². The molecule has 0 bridgehead atoms. The minimum absolute atomic E-state index is 0.161. The molecule has 1 amide bonds. The third kappa shape index (κ3) is 9.08. The number of nitrogens with zero attached hydrogens (tertiary/aromatic N) is 6. The molecule has 1 fully saturated rings. The molecule has 1 saturated heterocycles. The fourth-order valence-corrected chi connectivity index (χ4v) is 5.34. The number of aliphatic hydroxyl groups is 1. The summed E-state index contributed by atoms with van der Waals surface area (Å²) in [6, 6.07) is 11.4. The molecule has 12 nitrogen and oxygen atoms in total. The monoisotopic (exact) mass is 649 g/mol. The number of rotatable bonds is 8. The van der Waals surface area contributed by atoms with Gasteiger partial charge in [-0.25, -0.2) is 19.7 Å². The van der Waals surface area contributed by atoms with E-state index in [2.05, 4.69) is 24.6 Å². The van der Waals surface area contributed by atoms with Crippen molar-refractivity contribution in [2.24, 2.45) is 0 Å². The number of aliphatic carboxylic acids is 1. The predicted octanol–water partition coefficient (Wildman–Crippen LogP) is 5.05. The fourth-order valence-electron chi connectivity index (χ4n) is 3.92. The first kappa shape index (κ1) is 32.6. The Labute approximate surface area is 257 Å². The van der Waals surface area contributed by atoms with Gasteiger partial charge in [0, 0.05) is 60.1 Å². The molecule has 17 heteroatoms. The number of aryl methyl sites for hydroxylation is 1. The molecule has 5 rings (SSSR count). The van der Waals surface area contributed by atoms with Gasteiger partial charge in [0.15, 0.2) is 11.6 Å². The number of ether oxygens (including phenoxy) is 1. The van der Waals surface area contributed by atoms with Gasteiger partial charge in [-0.05, 0) is 44.0 Å². The maximum absolute atomic E-state index is 11.7. The SMILES string of the molecule is Cc1ncccc1Oc1cc(Sc2ccccn2)cnc1Nc1nc(C2CCN(C(=O)CO)CC2)ns1.O=C(O)C(F)(F)F. The number of hydrogen-bond donors (Lipinski definition) is 3. The molecular formula is C27H26F3N7O5S2. The minimum Gasteiger partial charge on any atom is -0.475 e. The van der Waals surface area contributed by atoms with Gasteiger partial charge in [-0.15, -0.1) is 0 Å². The maximum Gasteiger partial charge on any atom is 0.490 e. The van der Waals surface area contributed by atoms with Gasteiger partial charge in [0.1, 0.15) is 23.2 Å². The summed E-state index contributed by atoms with van der Waals surface area (Å²) in [6.07, 6.45) is 1.67. The molecule has 0 saturated carbocycles. The topological polar surface area (TPSA) is 164 Å². The Hall–Kier alpha value is -4.35. The Bertz CT molecular complexity index is 1570. The van der Waals surface area contributed by atoms with Crippen molar-refractivity contribution in [2.75, 3.05) is 25.0 Å². The highest BCUT2D eigenvalue weighted by molar-refractivity contribution is 7.99. The summed E-state index contributed by atoms with van der Waals surface area (Å²) in [7, 11) is 0. The smallest absolute Gasteiger partial charge is 0.475 e. The van der Waals surface area contributed by atoms with Gasteiger partial charge in [-0.1, -0.05) is 17.8 Å². The van der Waals surface area contributed by atoms with E-state index in [9.17, 15) is 18.0 Å². The first-order valence-electron chi connectivity index (χ1n) is 13.0. The number of carbonyl (C=O) groups is 2. The van der Waals surface area contributed by atoms with Crippen LogP contribution in [-0.4, -0.2) is 77.2 Å². The van der Waals surface area contributed by atoms with Crippen molar-refractivity contribution in [1.82, 2.24) is 29.2 Å². The van der Waals surface area contributed by atoms with Crippen molar-refractivity contribution >= 4 is 46.1 Å². The summed E-state index contributed by atoms with van der Waals surface area (Å²) >= 11 is 2.75. The van der Waals surface area contributed by atoms with Crippen molar-refractivity contribution in [3.8, 4) is 11.5 Å². The Morgan fingerprint density at radius 3 is 2.48 bits per heavy atom. The second-order valence-electron chi connectivity index (χ2n) is 9.18. The van der Waals surface area contributed by atoms with Crippen LogP contribution in [0.2, 0.25) is 0 Å². The Balaban J connectivity index is 0.000000566. The summed E-state index contributed by atoms with van der Waals surface area (Å²) in [6.45, 7) is 2.61. The minimum atomic E-state index is -5.08. The lowest BCUT2D eigenvalue weighted by Crippen LogP contribution is -2.39. The van der Waals surface area contributed by atoms with E-state index in [0.29, 0.717) is 35.5 Å². The quantitative estimate of drug-likeness (QED) is 0.233. The van der Waals surface area contributed by atoms with E-state index in [1.807, 2.05) is 43.3 Å². The van der Waals surface area contributed by atoms with Gasteiger partial charge in [0.05, 0.1) is 5.69 Å². The summed E-state index contributed by atoms with van der Waals surface area (Å²) in [5.41, 5.74) is 0.764. The van der Waals surface area contributed by atoms with Crippen LogP contribution in [0.15, 0.2) is 64.9 Å². The third-order valence-corrected chi connectivity index (χ3v) is 7.68. The molecule has 0 unspecified atom stereocenters. The van der Waals surface area contributed by atoms with Crippen LogP contribution < -0.4 is 10.1 Å². The van der Waals surface area contributed by atoms with Crippen LogP contribution in [0.1, 0.15) is 30.3 Å². The van der Waals surface area contributed by atoms with Crippen LogP contribution in [0.25, 0.3) is 0 Å². The third-order valence-electron chi connectivity index (χ3n) is 6.12. The number of amides is 1. The molecule has 1 aliphatic heterocycles. The van der Waals surface area contributed by atoms with Gasteiger partial charge in [0.2, 0.25) is 11.0 Å². The molecule has 5 heterocycles. The van der Waals surface area contributed by atoms with Crippen LogP contribution in [-0.2, 0) is 9.59 Å². The second kappa shape index (κ2) is 14.9. The van der Waals surface area contributed by atoms with Crippen molar-refractivity contribution in [3.63, 3.8) is 0 Å². The zero-order chi connectivity index (χ0) is 31.7. The highest BCUT2D eigenvalue weighted by Crippen LogP contribution is 2.37. The first-order valence-corrected chi connectivity index (χ1v) is 14.6. The summed E-state index contributed by atoms with van der Waals surface area (Å²) in [5, 5.41) is 20.9. The molecule has 4 aromatic heterocycles. The Morgan fingerprint density at radius 1 is 1.11 bits per heavy atom. The van der Waals surface area contributed by atoms with E-state index < -0.39 is 18.8 Å². The number of anilines is 2. The Morgan fingerprint density at radius 2 is 1.84 bits per heavy atom. The molecule has 232 valence electrons. The number of piperidine rings is 1. The number of likely N-dealkylation sites (tertiary alicyclic amines) is 1. The van der Waals surface area contributed by atoms with E-state index in [-0.39, 0.29) is 11.8 Å². The number of hydrogen-bond acceptors (Lipinski definition) is 12.